The molecule has 35 heavy (non-hydrogen) atoms. The number of amides is 1. The second-order valence-corrected chi connectivity index (χ2v) is 9.35. The lowest BCUT2D eigenvalue weighted by Gasteiger charge is -2.33. The fourth-order valence-corrected chi connectivity index (χ4v) is 5.40. The van der Waals surface area contributed by atoms with E-state index in [-0.39, 0.29) is 19.1 Å². The van der Waals surface area contributed by atoms with E-state index in [1.807, 2.05) is 30.3 Å². The van der Waals surface area contributed by atoms with Crippen molar-refractivity contribution in [3.8, 4) is 11.1 Å². The molecule has 3 aromatic carbocycles. The fourth-order valence-electron chi connectivity index (χ4n) is 5.40. The van der Waals surface area contributed by atoms with Crippen LogP contribution in [0.1, 0.15) is 41.4 Å². The molecule has 5 rings (SSSR count). The van der Waals surface area contributed by atoms with Crippen molar-refractivity contribution in [2.45, 2.75) is 30.7 Å². The second kappa shape index (κ2) is 10.3. The summed E-state index contributed by atoms with van der Waals surface area (Å²) in [5, 5.41) is 12.3. The van der Waals surface area contributed by atoms with Crippen LogP contribution in [0.4, 0.5) is 4.79 Å². The molecule has 2 N–H and O–H groups in total. The number of hydrogen-bond donors (Lipinski definition) is 2. The Morgan fingerprint density at radius 3 is 2.06 bits per heavy atom. The number of benzene rings is 3. The lowest BCUT2D eigenvalue weighted by Crippen LogP contribution is -2.50. The highest BCUT2D eigenvalue weighted by Gasteiger charge is 2.31. The third-order valence-corrected chi connectivity index (χ3v) is 7.23. The molecule has 1 saturated heterocycles. The fraction of sp³-hybridized carbons (Fsp3) is 0.310. The van der Waals surface area contributed by atoms with Crippen LogP contribution in [0.3, 0.4) is 0 Å². The number of rotatable bonds is 7. The van der Waals surface area contributed by atoms with E-state index in [2.05, 4.69) is 58.7 Å². The van der Waals surface area contributed by atoms with Crippen LogP contribution in [0, 0.1) is 0 Å². The van der Waals surface area contributed by atoms with Gasteiger partial charge in [-0.2, -0.15) is 0 Å². The molecule has 1 aliphatic carbocycles. The van der Waals surface area contributed by atoms with Crippen molar-refractivity contribution in [3.05, 3.63) is 95.6 Å². The first kappa shape index (κ1) is 23.1. The van der Waals surface area contributed by atoms with E-state index in [9.17, 15) is 14.7 Å². The SMILES string of the molecule is O=C(N[C@@H](CN1CCC(c2ccccc2)CC1)C(=O)O)OCC1c2ccccc2-c2ccccc21. The minimum Gasteiger partial charge on any atom is -0.480 e. The van der Waals surface area contributed by atoms with Crippen molar-refractivity contribution in [1.29, 1.82) is 0 Å². The van der Waals surface area contributed by atoms with Gasteiger partial charge in [-0.3, -0.25) is 0 Å². The monoisotopic (exact) mass is 470 g/mol. The predicted octanol–water partition coefficient (Wildman–Crippen LogP) is 4.86. The van der Waals surface area contributed by atoms with Crippen molar-refractivity contribution in [2.75, 3.05) is 26.2 Å². The van der Waals surface area contributed by atoms with E-state index in [1.165, 1.54) is 5.56 Å². The van der Waals surface area contributed by atoms with Crippen LogP contribution in [-0.2, 0) is 9.53 Å². The number of carboxylic acid groups (broad SMARTS) is 1. The Hall–Kier alpha value is -3.64. The molecule has 1 heterocycles. The van der Waals surface area contributed by atoms with Gasteiger partial charge in [-0.15, -0.1) is 0 Å². The first-order valence-electron chi connectivity index (χ1n) is 12.2. The number of carbonyl (C=O) groups excluding carboxylic acids is 1. The van der Waals surface area contributed by atoms with Gasteiger partial charge in [0.1, 0.15) is 12.6 Å². The average molecular weight is 471 g/mol. The molecule has 180 valence electrons. The Morgan fingerprint density at radius 1 is 0.886 bits per heavy atom. The Kier molecular flexibility index (Phi) is 6.82. The zero-order valence-electron chi connectivity index (χ0n) is 19.6. The summed E-state index contributed by atoms with van der Waals surface area (Å²) >= 11 is 0. The minimum atomic E-state index is -1.05. The molecule has 1 aliphatic heterocycles. The van der Waals surface area contributed by atoms with Gasteiger partial charge in [0.15, 0.2) is 0 Å². The third-order valence-electron chi connectivity index (χ3n) is 7.23. The number of nitrogens with zero attached hydrogens (tertiary/aromatic N) is 1. The van der Waals surface area contributed by atoms with E-state index in [4.69, 9.17) is 4.74 Å². The molecule has 2 aliphatic rings. The molecule has 0 aromatic heterocycles. The molecule has 0 bridgehead atoms. The van der Waals surface area contributed by atoms with E-state index in [0.29, 0.717) is 5.92 Å². The number of carbonyl (C=O) groups is 2. The lowest BCUT2D eigenvalue weighted by molar-refractivity contribution is -0.140. The largest absolute Gasteiger partial charge is 0.480 e. The standard InChI is InChI=1S/C29H30N2O4/c32-28(33)27(18-31-16-14-21(15-17-31)20-8-2-1-3-9-20)30-29(34)35-19-26-24-12-6-4-10-22(24)23-11-5-7-13-25(23)26/h1-13,21,26-27H,14-19H2,(H,30,34)(H,32,33)/t27-/m0/s1. The van der Waals surface area contributed by atoms with Gasteiger partial charge in [0.05, 0.1) is 0 Å². The summed E-state index contributed by atoms with van der Waals surface area (Å²) in [6.45, 7) is 2.03. The average Bonchev–Trinajstić information content (AvgIpc) is 3.21. The summed E-state index contributed by atoms with van der Waals surface area (Å²) in [5.74, 6) is -0.622. The highest BCUT2D eigenvalue weighted by atomic mass is 16.5. The maximum atomic E-state index is 12.6. The highest BCUT2D eigenvalue weighted by Crippen LogP contribution is 2.44. The Labute approximate surface area is 205 Å². The number of ether oxygens (including phenoxy) is 1. The third kappa shape index (κ3) is 5.08. The molecule has 1 fully saturated rings. The molecule has 6 nitrogen and oxygen atoms in total. The molecular weight excluding hydrogens is 440 g/mol. The maximum Gasteiger partial charge on any atom is 0.407 e. The van der Waals surface area contributed by atoms with E-state index >= 15 is 0 Å². The number of piperidine rings is 1. The summed E-state index contributed by atoms with van der Waals surface area (Å²) in [6, 6.07) is 25.7. The van der Waals surface area contributed by atoms with Crippen molar-refractivity contribution >= 4 is 12.1 Å². The molecule has 0 unspecified atom stereocenters. The zero-order chi connectivity index (χ0) is 24.2. The van der Waals surface area contributed by atoms with Gasteiger partial charge in [-0.25, -0.2) is 9.59 Å². The molecule has 1 amide bonds. The number of likely N-dealkylation sites (tertiary alicyclic amines) is 1. The zero-order valence-corrected chi connectivity index (χ0v) is 19.6. The van der Waals surface area contributed by atoms with Crippen LogP contribution in [-0.4, -0.2) is 54.4 Å². The van der Waals surface area contributed by atoms with Gasteiger partial charge in [-0.05, 0) is 59.7 Å². The quantitative estimate of drug-likeness (QED) is 0.516. The number of nitrogens with one attached hydrogen (secondary N) is 1. The molecule has 0 radical (unpaired) electrons. The van der Waals surface area contributed by atoms with Gasteiger partial charge in [-0.1, -0.05) is 78.9 Å². The van der Waals surface area contributed by atoms with Crippen LogP contribution < -0.4 is 5.32 Å². The van der Waals surface area contributed by atoms with Crippen molar-refractivity contribution in [1.82, 2.24) is 10.2 Å². The van der Waals surface area contributed by atoms with Crippen LogP contribution >= 0.6 is 0 Å². The number of fused-ring (bicyclic) bond motifs is 3. The van der Waals surface area contributed by atoms with Crippen LogP contribution in [0.5, 0.6) is 0 Å². The molecule has 0 spiro atoms. The van der Waals surface area contributed by atoms with Crippen molar-refractivity contribution < 1.29 is 19.4 Å². The number of alkyl carbamates (subject to hydrolysis) is 1. The van der Waals surface area contributed by atoms with E-state index in [0.717, 1.165) is 48.2 Å². The van der Waals surface area contributed by atoms with Crippen molar-refractivity contribution in [2.24, 2.45) is 0 Å². The first-order chi connectivity index (χ1) is 17.1. The summed E-state index contributed by atoms with van der Waals surface area (Å²) in [5.41, 5.74) is 5.88. The topological polar surface area (TPSA) is 78.9 Å². The summed E-state index contributed by atoms with van der Waals surface area (Å²) in [7, 11) is 0. The Bertz CT molecular complexity index is 1140. The van der Waals surface area contributed by atoms with Crippen LogP contribution in [0.2, 0.25) is 0 Å². The smallest absolute Gasteiger partial charge is 0.407 e. The van der Waals surface area contributed by atoms with Gasteiger partial charge in [0, 0.05) is 12.5 Å². The predicted molar refractivity (Wildman–Crippen MR) is 134 cm³/mol. The van der Waals surface area contributed by atoms with E-state index < -0.39 is 18.1 Å². The van der Waals surface area contributed by atoms with Crippen molar-refractivity contribution in [3.63, 3.8) is 0 Å². The molecule has 3 aromatic rings. The maximum absolute atomic E-state index is 12.6. The van der Waals surface area contributed by atoms with Crippen LogP contribution in [0.25, 0.3) is 11.1 Å². The molecule has 0 saturated carbocycles. The lowest BCUT2D eigenvalue weighted by atomic mass is 9.89. The summed E-state index contributed by atoms with van der Waals surface area (Å²) in [6.07, 6.45) is 1.25. The molecular formula is C29H30N2O4. The first-order valence-corrected chi connectivity index (χ1v) is 12.2. The molecule has 6 heteroatoms. The molecule has 1 atom stereocenters. The Balaban J connectivity index is 1.16. The minimum absolute atomic E-state index is 0.0616. The highest BCUT2D eigenvalue weighted by molar-refractivity contribution is 5.81. The second-order valence-electron chi connectivity index (χ2n) is 9.35. The normalized spacial score (nSPS) is 16.8. The number of hydrogen-bond acceptors (Lipinski definition) is 4. The van der Waals surface area contributed by atoms with Crippen LogP contribution in [0.15, 0.2) is 78.9 Å². The number of carboxylic acids is 1. The number of aliphatic carboxylic acids is 1. The summed E-state index contributed by atoms with van der Waals surface area (Å²) in [4.78, 5) is 26.6. The van der Waals surface area contributed by atoms with Gasteiger partial charge < -0.3 is 20.1 Å². The van der Waals surface area contributed by atoms with Gasteiger partial charge in [0.2, 0.25) is 0 Å². The Morgan fingerprint density at radius 2 is 1.46 bits per heavy atom. The summed E-state index contributed by atoms with van der Waals surface area (Å²) < 4.78 is 5.55. The van der Waals surface area contributed by atoms with Gasteiger partial charge in [0.25, 0.3) is 0 Å². The van der Waals surface area contributed by atoms with Gasteiger partial charge >= 0.3 is 12.1 Å². The van der Waals surface area contributed by atoms with E-state index in [1.54, 1.807) is 0 Å².